The highest BCUT2D eigenvalue weighted by atomic mass is 32.1. The van der Waals surface area contributed by atoms with Crippen molar-refractivity contribution in [3.8, 4) is 0 Å². The molecule has 0 aliphatic heterocycles. The summed E-state index contributed by atoms with van der Waals surface area (Å²) in [7, 11) is 1.53. The molecule has 0 aromatic carbocycles. The number of likely N-dealkylation sites (N-methyl/N-ethyl adjacent to an activating group) is 1. The number of rotatable bonds is 7. The van der Waals surface area contributed by atoms with Gasteiger partial charge in [0.15, 0.2) is 5.76 Å². The van der Waals surface area contributed by atoms with E-state index in [1.165, 1.54) is 35.6 Å². The molecule has 0 unspecified atom stereocenters. The minimum atomic E-state index is -0.526. The number of hydrogen-bond acceptors (Lipinski definition) is 7. The number of amides is 3. The van der Waals surface area contributed by atoms with Crippen LogP contribution in [0.2, 0.25) is 0 Å². The van der Waals surface area contributed by atoms with Gasteiger partial charge in [-0.3, -0.25) is 19.2 Å². The van der Waals surface area contributed by atoms with E-state index < -0.39 is 11.8 Å². The van der Waals surface area contributed by atoms with Crippen molar-refractivity contribution in [2.75, 3.05) is 20.1 Å². The van der Waals surface area contributed by atoms with Gasteiger partial charge in [0.05, 0.1) is 31.4 Å². The van der Waals surface area contributed by atoms with Crippen LogP contribution in [-0.2, 0) is 16.1 Å². The van der Waals surface area contributed by atoms with Gasteiger partial charge in [-0.15, -0.1) is 11.3 Å². The van der Waals surface area contributed by atoms with Crippen LogP contribution in [0.15, 0.2) is 39.1 Å². The van der Waals surface area contributed by atoms with Crippen LogP contribution < -0.4 is 16.2 Å². The van der Waals surface area contributed by atoms with Crippen LogP contribution in [0, 0.1) is 0 Å². The fourth-order valence-corrected chi connectivity index (χ4v) is 3.06. The van der Waals surface area contributed by atoms with E-state index in [1.54, 1.807) is 17.5 Å². The van der Waals surface area contributed by atoms with E-state index >= 15 is 0 Å². The van der Waals surface area contributed by atoms with E-state index in [0.717, 1.165) is 0 Å². The minimum Gasteiger partial charge on any atom is -0.459 e. The summed E-state index contributed by atoms with van der Waals surface area (Å²) in [6.45, 7) is -0.456. The Kier molecular flexibility index (Phi) is 5.84. The van der Waals surface area contributed by atoms with Crippen molar-refractivity contribution in [2.24, 2.45) is 0 Å². The first-order valence-corrected chi connectivity index (χ1v) is 9.11. The van der Waals surface area contributed by atoms with Gasteiger partial charge in [0.25, 0.3) is 11.5 Å². The molecule has 10 nitrogen and oxygen atoms in total. The van der Waals surface area contributed by atoms with Gasteiger partial charge in [0.2, 0.25) is 11.8 Å². The molecule has 0 saturated carbocycles. The Bertz CT molecular complexity index is 1060. The molecule has 0 atom stereocenters. The molecule has 0 aliphatic carbocycles. The highest BCUT2D eigenvalue weighted by Gasteiger charge is 2.14. The summed E-state index contributed by atoms with van der Waals surface area (Å²) in [5.41, 5.74) is 0.321. The molecule has 0 saturated heterocycles. The largest absolute Gasteiger partial charge is 0.459 e. The maximum Gasteiger partial charge on any atom is 0.287 e. The minimum absolute atomic E-state index is 0.0883. The molecule has 146 valence electrons. The Labute approximate surface area is 162 Å². The second-order valence-corrected chi connectivity index (χ2v) is 6.75. The second-order valence-electron chi connectivity index (χ2n) is 5.83. The van der Waals surface area contributed by atoms with Crippen molar-refractivity contribution in [3.05, 3.63) is 51.8 Å². The van der Waals surface area contributed by atoms with Crippen molar-refractivity contribution in [3.63, 3.8) is 0 Å². The number of carbonyl (C=O) groups excluding carboxylic acids is 3. The Hall–Kier alpha value is -3.47. The zero-order valence-corrected chi connectivity index (χ0v) is 15.7. The van der Waals surface area contributed by atoms with Gasteiger partial charge >= 0.3 is 0 Å². The van der Waals surface area contributed by atoms with Crippen molar-refractivity contribution in [1.29, 1.82) is 0 Å². The number of H-pyrrole nitrogens is 1. The number of nitrogens with zero attached hydrogens (tertiary/aromatic N) is 2. The van der Waals surface area contributed by atoms with Crippen LogP contribution in [-0.4, -0.2) is 52.7 Å². The Balaban J connectivity index is 1.46. The molecule has 3 amide bonds. The number of aromatic amines is 1. The third kappa shape index (κ3) is 4.62. The summed E-state index contributed by atoms with van der Waals surface area (Å²) >= 11 is 1.29. The van der Waals surface area contributed by atoms with Gasteiger partial charge in [-0.2, -0.15) is 0 Å². The summed E-state index contributed by atoms with van der Waals surface area (Å²) in [4.78, 5) is 55.8. The molecular formula is C17H17N5O5S. The van der Waals surface area contributed by atoms with Gasteiger partial charge in [0, 0.05) is 7.05 Å². The molecular weight excluding hydrogens is 386 g/mol. The topological polar surface area (TPSA) is 137 Å². The molecule has 11 heteroatoms. The first-order valence-electron chi connectivity index (χ1n) is 8.23. The molecule has 3 N–H and O–H groups in total. The van der Waals surface area contributed by atoms with E-state index in [1.807, 2.05) is 0 Å². The number of thiophene rings is 1. The fourth-order valence-electron chi connectivity index (χ4n) is 2.34. The monoisotopic (exact) mass is 403 g/mol. The van der Waals surface area contributed by atoms with Crippen molar-refractivity contribution in [1.82, 2.24) is 25.5 Å². The van der Waals surface area contributed by atoms with Crippen LogP contribution in [0.3, 0.4) is 0 Å². The summed E-state index contributed by atoms with van der Waals surface area (Å²) < 4.78 is 5.44. The Morgan fingerprint density at radius 1 is 1.25 bits per heavy atom. The summed E-state index contributed by atoms with van der Waals surface area (Å²) in [5.74, 6) is -0.981. The molecule has 0 radical (unpaired) electrons. The molecule has 3 rings (SSSR count). The van der Waals surface area contributed by atoms with Crippen LogP contribution in [0.5, 0.6) is 0 Å². The quantitative estimate of drug-likeness (QED) is 0.511. The van der Waals surface area contributed by atoms with Crippen molar-refractivity contribution in [2.45, 2.75) is 6.54 Å². The predicted octanol–water partition coefficient (Wildman–Crippen LogP) is 0.0822. The maximum absolute atomic E-state index is 12.2. The number of hydrogen-bond donors (Lipinski definition) is 3. The molecule has 3 heterocycles. The summed E-state index contributed by atoms with van der Waals surface area (Å²) in [6.07, 6.45) is 1.35. The third-order valence-corrected chi connectivity index (χ3v) is 4.67. The molecule has 0 fully saturated rings. The molecule has 3 aromatic heterocycles. The van der Waals surface area contributed by atoms with E-state index in [-0.39, 0.29) is 36.9 Å². The zero-order valence-electron chi connectivity index (χ0n) is 14.9. The van der Waals surface area contributed by atoms with Gasteiger partial charge in [-0.1, -0.05) is 0 Å². The van der Waals surface area contributed by atoms with Crippen LogP contribution >= 0.6 is 11.3 Å². The molecule has 0 spiro atoms. The fraction of sp³-hybridized carbons (Fsp3) is 0.235. The van der Waals surface area contributed by atoms with E-state index in [4.69, 9.17) is 4.42 Å². The number of fused-ring (bicyclic) bond motifs is 1. The average Bonchev–Trinajstić information content (AvgIpc) is 3.35. The van der Waals surface area contributed by atoms with Crippen LogP contribution in [0.1, 0.15) is 16.4 Å². The second kappa shape index (κ2) is 8.48. The lowest BCUT2D eigenvalue weighted by atomic mass is 10.4. The molecule has 3 aromatic rings. The number of aromatic nitrogens is 2. The predicted molar refractivity (Wildman–Crippen MR) is 101 cm³/mol. The van der Waals surface area contributed by atoms with Gasteiger partial charge in [-0.25, -0.2) is 4.98 Å². The van der Waals surface area contributed by atoms with Crippen LogP contribution in [0.4, 0.5) is 0 Å². The first kappa shape index (κ1) is 19.3. The van der Waals surface area contributed by atoms with Gasteiger partial charge in [0.1, 0.15) is 10.5 Å². The lowest BCUT2D eigenvalue weighted by molar-refractivity contribution is -0.132. The highest BCUT2D eigenvalue weighted by molar-refractivity contribution is 7.17. The number of carbonyl (C=O) groups is 3. The van der Waals surface area contributed by atoms with E-state index in [9.17, 15) is 19.2 Å². The third-order valence-electron chi connectivity index (χ3n) is 3.77. The Morgan fingerprint density at radius 2 is 2.07 bits per heavy atom. The molecule has 0 bridgehead atoms. The summed E-state index contributed by atoms with van der Waals surface area (Å²) in [5, 5.41) is 6.57. The standard InChI is InChI=1S/C17H17N5O5S/c1-22(9-12-20-10-4-6-28-15(10)17(26)21-12)14(24)8-18-13(23)7-19-16(25)11-3-2-5-27-11/h2-6H,7-9H2,1H3,(H,18,23)(H,19,25)(H,20,21,26). The van der Waals surface area contributed by atoms with E-state index in [0.29, 0.717) is 16.0 Å². The first-order chi connectivity index (χ1) is 13.4. The van der Waals surface area contributed by atoms with Gasteiger partial charge in [-0.05, 0) is 23.6 Å². The maximum atomic E-state index is 12.2. The molecule has 0 aliphatic rings. The lowest BCUT2D eigenvalue weighted by Crippen LogP contribution is -2.42. The Morgan fingerprint density at radius 3 is 2.82 bits per heavy atom. The van der Waals surface area contributed by atoms with Crippen molar-refractivity contribution >= 4 is 39.3 Å². The van der Waals surface area contributed by atoms with Crippen LogP contribution in [0.25, 0.3) is 10.2 Å². The average molecular weight is 403 g/mol. The SMILES string of the molecule is CN(Cc1nc2ccsc2c(=O)[nH]1)C(=O)CNC(=O)CNC(=O)c1ccco1. The highest BCUT2D eigenvalue weighted by Crippen LogP contribution is 2.13. The number of nitrogens with one attached hydrogen (secondary N) is 3. The number of furan rings is 1. The smallest absolute Gasteiger partial charge is 0.287 e. The van der Waals surface area contributed by atoms with Gasteiger partial charge < -0.3 is 24.9 Å². The normalized spacial score (nSPS) is 10.6. The molecule has 28 heavy (non-hydrogen) atoms. The zero-order chi connectivity index (χ0) is 20.1. The van der Waals surface area contributed by atoms with Crippen molar-refractivity contribution < 1.29 is 18.8 Å². The van der Waals surface area contributed by atoms with E-state index in [2.05, 4.69) is 20.6 Å². The lowest BCUT2D eigenvalue weighted by Gasteiger charge is -2.17. The summed E-state index contributed by atoms with van der Waals surface area (Å²) in [6, 6.07) is 4.76.